The van der Waals surface area contributed by atoms with Crippen LogP contribution < -0.4 is 5.32 Å². The summed E-state index contributed by atoms with van der Waals surface area (Å²) in [5.74, 6) is 2.84. The topological polar surface area (TPSA) is 53.5 Å². The summed E-state index contributed by atoms with van der Waals surface area (Å²) in [5.41, 5.74) is 1.32. The lowest BCUT2D eigenvalue weighted by Crippen LogP contribution is -2.36. The molecule has 0 radical (unpaired) electrons. The molecule has 0 aromatic carbocycles. The molecule has 0 bridgehead atoms. The lowest BCUT2D eigenvalue weighted by atomic mass is 9.99. The Kier molecular flexibility index (Phi) is 7.00. The summed E-state index contributed by atoms with van der Waals surface area (Å²) in [5, 5.41) is 4.87. The molecule has 0 unspecified atom stereocenters. The Hall–Kier alpha value is -1.28. The average Bonchev–Trinajstić information content (AvgIpc) is 3.01. The predicted octanol–water partition coefficient (Wildman–Crippen LogP) is 3.67. The predicted molar refractivity (Wildman–Crippen MR) is 121 cm³/mol. The van der Waals surface area contributed by atoms with E-state index in [2.05, 4.69) is 35.9 Å². The van der Waals surface area contributed by atoms with E-state index in [1.807, 2.05) is 0 Å². The molecule has 0 saturated carbocycles. The van der Waals surface area contributed by atoms with Crippen molar-refractivity contribution in [1.82, 2.24) is 19.8 Å². The van der Waals surface area contributed by atoms with Crippen molar-refractivity contribution in [2.75, 3.05) is 57.8 Å². The Morgan fingerprint density at radius 1 is 1.07 bits per heavy atom. The maximum atomic E-state index is 5.47. The van der Waals surface area contributed by atoms with Crippen molar-refractivity contribution in [2.45, 2.75) is 46.6 Å². The monoisotopic (exact) mass is 417 g/mol. The molecule has 2 aliphatic rings. The van der Waals surface area contributed by atoms with E-state index in [0.29, 0.717) is 0 Å². The quantitative estimate of drug-likeness (QED) is 0.694. The first-order chi connectivity index (χ1) is 14.1. The van der Waals surface area contributed by atoms with E-state index in [4.69, 9.17) is 14.7 Å². The van der Waals surface area contributed by atoms with Crippen molar-refractivity contribution in [1.29, 1.82) is 0 Å². The van der Waals surface area contributed by atoms with Crippen LogP contribution in [0, 0.1) is 19.8 Å². The molecular formula is C22H35N5OS. The van der Waals surface area contributed by atoms with Crippen LogP contribution in [0.2, 0.25) is 0 Å². The molecule has 2 fully saturated rings. The van der Waals surface area contributed by atoms with Crippen LogP contribution in [0.25, 0.3) is 10.2 Å². The molecule has 2 aromatic heterocycles. The highest BCUT2D eigenvalue weighted by Gasteiger charge is 2.18. The van der Waals surface area contributed by atoms with Crippen molar-refractivity contribution in [2.24, 2.45) is 5.92 Å². The average molecular weight is 418 g/mol. The van der Waals surface area contributed by atoms with E-state index < -0.39 is 0 Å². The van der Waals surface area contributed by atoms with Crippen LogP contribution in [0.4, 0.5) is 5.82 Å². The number of ether oxygens (including phenoxy) is 1. The van der Waals surface area contributed by atoms with Crippen molar-refractivity contribution in [3.63, 3.8) is 0 Å². The summed E-state index contributed by atoms with van der Waals surface area (Å²) in [7, 11) is 0. The fourth-order valence-electron chi connectivity index (χ4n) is 4.25. The minimum Gasteiger partial charge on any atom is -0.379 e. The minimum absolute atomic E-state index is 0.802. The van der Waals surface area contributed by atoms with Crippen LogP contribution in [0.3, 0.4) is 0 Å². The van der Waals surface area contributed by atoms with Gasteiger partial charge in [0.1, 0.15) is 16.5 Å². The Bertz CT molecular complexity index is 809. The third kappa shape index (κ3) is 5.26. The van der Waals surface area contributed by atoms with E-state index >= 15 is 0 Å². The van der Waals surface area contributed by atoms with Crippen molar-refractivity contribution >= 4 is 27.4 Å². The second-order valence-electron chi connectivity index (χ2n) is 8.64. The maximum absolute atomic E-state index is 5.47. The number of fused-ring (bicyclic) bond motifs is 1. The second kappa shape index (κ2) is 9.69. The highest BCUT2D eigenvalue weighted by molar-refractivity contribution is 7.18. The number of aryl methyl sites for hydroxylation is 2. The van der Waals surface area contributed by atoms with Gasteiger partial charge in [-0.1, -0.05) is 6.92 Å². The van der Waals surface area contributed by atoms with Crippen molar-refractivity contribution < 1.29 is 4.74 Å². The molecular weight excluding hydrogens is 382 g/mol. The molecule has 1 N–H and O–H groups in total. The Balaban J connectivity index is 1.41. The van der Waals surface area contributed by atoms with Gasteiger partial charge in [-0.25, -0.2) is 9.97 Å². The summed E-state index contributed by atoms with van der Waals surface area (Å²) in [6.07, 6.45) is 3.84. The van der Waals surface area contributed by atoms with Crippen LogP contribution in [-0.4, -0.2) is 72.3 Å². The summed E-state index contributed by atoms with van der Waals surface area (Å²) in [6.45, 7) is 15.7. The Morgan fingerprint density at radius 2 is 1.83 bits per heavy atom. The zero-order valence-electron chi connectivity index (χ0n) is 18.2. The number of aromatic nitrogens is 2. The molecule has 0 spiro atoms. The molecule has 4 heterocycles. The van der Waals surface area contributed by atoms with Gasteiger partial charge in [-0.3, -0.25) is 4.90 Å². The highest BCUT2D eigenvalue weighted by atomic mass is 32.1. The minimum atomic E-state index is 0.802. The summed E-state index contributed by atoms with van der Waals surface area (Å²) in [4.78, 5) is 17.3. The SMILES string of the molecule is Cc1sc2nc(CN3CCOCC3)nc(NCCCN3CCC(C)CC3)c2c1C. The third-order valence-corrected chi connectivity index (χ3v) is 7.46. The molecule has 29 heavy (non-hydrogen) atoms. The summed E-state index contributed by atoms with van der Waals surface area (Å²) < 4.78 is 5.47. The van der Waals surface area contributed by atoms with Gasteiger partial charge in [-0.2, -0.15) is 0 Å². The number of nitrogens with zero attached hydrogens (tertiary/aromatic N) is 4. The van der Waals surface area contributed by atoms with Gasteiger partial charge >= 0.3 is 0 Å². The third-order valence-electron chi connectivity index (χ3n) is 6.36. The summed E-state index contributed by atoms with van der Waals surface area (Å²) >= 11 is 1.79. The zero-order chi connectivity index (χ0) is 20.2. The highest BCUT2D eigenvalue weighted by Crippen LogP contribution is 2.33. The van der Waals surface area contributed by atoms with Gasteiger partial charge in [-0.15, -0.1) is 11.3 Å². The van der Waals surface area contributed by atoms with E-state index in [-0.39, 0.29) is 0 Å². The van der Waals surface area contributed by atoms with Gasteiger partial charge < -0.3 is 15.0 Å². The fourth-order valence-corrected chi connectivity index (χ4v) is 5.29. The maximum Gasteiger partial charge on any atom is 0.146 e. The van der Waals surface area contributed by atoms with Crippen LogP contribution in [0.15, 0.2) is 0 Å². The van der Waals surface area contributed by atoms with Gasteiger partial charge in [0.25, 0.3) is 0 Å². The smallest absolute Gasteiger partial charge is 0.146 e. The van der Waals surface area contributed by atoms with Gasteiger partial charge in [0.2, 0.25) is 0 Å². The zero-order valence-corrected chi connectivity index (χ0v) is 19.0. The first-order valence-corrected chi connectivity index (χ1v) is 11.9. The van der Waals surface area contributed by atoms with Crippen LogP contribution in [0.1, 0.15) is 42.5 Å². The lowest BCUT2D eigenvalue weighted by molar-refractivity contribution is 0.0331. The molecule has 0 amide bonds. The van der Waals surface area contributed by atoms with Gasteiger partial charge in [0, 0.05) is 24.5 Å². The lowest BCUT2D eigenvalue weighted by Gasteiger charge is -2.30. The number of hydrogen-bond donors (Lipinski definition) is 1. The van der Waals surface area contributed by atoms with Crippen molar-refractivity contribution in [3.05, 3.63) is 16.3 Å². The van der Waals surface area contributed by atoms with E-state index in [1.54, 1.807) is 11.3 Å². The van der Waals surface area contributed by atoms with E-state index in [0.717, 1.165) is 68.2 Å². The largest absolute Gasteiger partial charge is 0.379 e. The Morgan fingerprint density at radius 3 is 2.59 bits per heavy atom. The first-order valence-electron chi connectivity index (χ1n) is 11.1. The summed E-state index contributed by atoms with van der Waals surface area (Å²) in [6, 6.07) is 0. The molecule has 6 nitrogen and oxygen atoms in total. The second-order valence-corrected chi connectivity index (χ2v) is 9.85. The van der Waals surface area contributed by atoms with Crippen LogP contribution >= 0.6 is 11.3 Å². The fraction of sp³-hybridized carbons (Fsp3) is 0.727. The number of likely N-dealkylation sites (tertiary alicyclic amines) is 1. The molecule has 160 valence electrons. The van der Waals surface area contributed by atoms with Crippen LogP contribution in [-0.2, 0) is 11.3 Å². The normalized spacial score (nSPS) is 19.8. The molecule has 2 saturated heterocycles. The number of anilines is 1. The first kappa shape index (κ1) is 21.0. The van der Waals surface area contributed by atoms with Crippen molar-refractivity contribution in [3.8, 4) is 0 Å². The molecule has 0 atom stereocenters. The number of rotatable bonds is 7. The van der Waals surface area contributed by atoms with E-state index in [1.165, 1.54) is 48.3 Å². The van der Waals surface area contributed by atoms with E-state index in [9.17, 15) is 0 Å². The van der Waals surface area contributed by atoms with Crippen LogP contribution in [0.5, 0.6) is 0 Å². The number of thiophene rings is 1. The number of piperidine rings is 1. The molecule has 4 rings (SSSR count). The van der Waals surface area contributed by atoms with Gasteiger partial charge in [0.05, 0.1) is 25.1 Å². The van der Waals surface area contributed by atoms with Gasteiger partial charge in [-0.05, 0) is 64.2 Å². The number of hydrogen-bond acceptors (Lipinski definition) is 7. The molecule has 2 aliphatic heterocycles. The number of morpholine rings is 1. The van der Waals surface area contributed by atoms with Gasteiger partial charge in [0.15, 0.2) is 0 Å². The standard InChI is InChI=1S/C22H35N5OS/c1-16-5-9-26(10-6-16)8-4-7-23-21-20-17(2)18(3)29-22(20)25-19(24-21)15-27-11-13-28-14-12-27/h16H,4-15H2,1-3H3,(H,23,24,25). The Labute approximate surface area is 178 Å². The molecule has 7 heteroatoms. The molecule has 2 aromatic rings. The number of nitrogens with one attached hydrogen (secondary N) is 1. The molecule has 0 aliphatic carbocycles.